The molecule has 109 heavy (non-hydrogen) atoms. The third-order valence-electron chi connectivity index (χ3n) is 21.0. The second-order valence-electron chi connectivity index (χ2n) is 30.5. The van der Waals surface area contributed by atoms with Crippen LogP contribution in [0.5, 0.6) is 0 Å². The molecule has 6 aromatic rings. The summed E-state index contributed by atoms with van der Waals surface area (Å²) >= 11 is 9.37. The van der Waals surface area contributed by atoms with E-state index in [0.29, 0.717) is 115 Å². The molecule has 0 spiro atoms. The lowest BCUT2D eigenvalue weighted by Gasteiger charge is -2.42. The Labute approximate surface area is 652 Å². The molecule has 21 nitrogen and oxygen atoms in total. The van der Waals surface area contributed by atoms with Gasteiger partial charge in [-0.15, -0.1) is 23.1 Å². The number of carbonyl (C=O) groups excluding carboxylic acids is 5. The first kappa shape index (κ1) is 84.0. The number of nitrogens with zero attached hydrogens (tertiary/aromatic N) is 6. The number of sulfone groups is 1. The van der Waals surface area contributed by atoms with Crippen LogP contribution in [-0.2, 0) is 43.8 Å². The van der Waals surface area contributed by atoms with E-state index in [1.54, 1.807) is 23.5 Å². The van der Waals surface area contributed by atoms with Gasteiger partial charge in [-0.25, -0.2) is 26.5 Å². The number of rotatable bonds is 32. The number of β-amino-alcohol motifs (C(OH)–C–C–N with tert-alkyl or cyclic N) is 1. The van der Waals surface area contributed by atoms with Crippen LogP contribution in [0, 0.1) is 17.8 Å². The van der Waals surface area contributed by atoms with Crippen molar-refractivity contribution in [3.8, 4) is 10.4 Å². The molecule has 3 saturated heterocycles. The Kier molecular flexibility index (Phi) is 28.7. The van der Waals surface area contributed by atoms with Gasteiger partial charge in [0.1, 0.15) is 17.0 Å². The number of aryl methyl sites for hydroxylation is 1. The number of carbonyl (C=O) groups is 5. The molecule has 0 radical (unpaired) electrons. The number of thiazole rings is 1. The highest BCUT2D eigenvalue weighted by Crippen LogP contribution is 2.45. The van der Waals surface area contributed by atoms with E-state index in [4.69, 9.17) is 16.3 Å². The predicted molar refractivity (Wildman–Crippen MR) is 423 cm³/mol. The molecule has 0 bridgehead atoms. The van der Waals surface area contributed by atoms with Crippen molar-refractivity contribution in [2.24, 2.45) is 10.8 Å². The molecule has 1 unspecified atom stereocenters. The Morgan fingerprint density at radius 1 is 0.817 bits per heavy atom. The van der Waals surface area contributed by atoms with Crippen LogP contribution in [0.3, 0.4) is 0 Å². The van der Waals surface area contributed by atoms with Gasteiger partial charge in [-0.05, 0) is 152 Å². The number of likely N-dealkylation sites (tertiary alicyclic amines) is 1. The lowest BCUT2D eigenvalue weighted by Crippen LogP contribution is -2.57. The van der Waals surface area contributed by atoms with Gasteiger partial charge in [0.15, 0.2) is 0 Å². The molecule has 5 N–H and O–H groups in total. The number of aromatic nitrogens is 1. The molecule has 590 valence electrons. The first-order chi connectivity index (χ1) is 51.7. The van der Waals surface area contributed by atoms with E-state index in [-0.39, 0.29) is 54.1 Å². The summed E-state index contributed by atoms with van der Waals surface area (Å²) in [5.41, 5.74) is 1.95. The predicted octanol–water partition coefficient (Wildman–Crippen LogP) is 12.8. The number of nitrogens with one attached hydrogen (secondary N) is 4. The number of alkyl halides is 3. The summed E-state index contributed by atoms with van der Waals surface area (Å²) in [6.07, 6.45) is 6.32. The van der Waals surface area contributed by atoms with Crippen LogP contribution in [0.25, 0.3) is 16.0 Å². The number of aliphatic hydroxyl groups is 1. The van der Waals surface area contributed by atoms with Gasteiger partial charge in [0.25, 0.3) is 25.8 Å². The van der Waals surface area contributed by atoms with Crippen molar-refractivity contribution in [2.75, 3.05) is 102 Å². The fraction of sp³-hybridized carbons (Fsp3) is 0.500. The highest BCUT2D eigenvalue weighted by atomic mass is 35.5. The number of hydrogen-bond acceptors (Lipinski definition) is 18. The zero-order chi connectivity index (χ0) is 78.4. The average Bonchev–Trinajstić information content (AvgIpc) is 1.50. The molecule has 5 amide bonds. The monoisotopic (exact) mass is 1600 g/mol. The molecule has 0 saturated carbocycles. The van der Waals surface area contributed by atoms with E-state index < -0.39 is 82.3 Å². The van der Waals surface area contributed by atoms with Crippen LogP contribution in [-0.4, -0.2) is 197 Å². The largest absolute Gasteiger partial charge is 0.501 e. The third kappa shape index (κ3) is 22.7. The average molecular weight is 1600 g/mol. The molecule has 6 atom stereocenters. The van der Waals surface area contributed by atoms with E-state index in [9.17, 15) is 59.1 Å². The van der Waals surface area contributed by atoms with Crippen molar-refractivity contribution in [3.63, 3.8) is 0 Å². The molecule has 3 fully saturated rings. The quantitative estimate of drug-likeness (QED) is 0.0194. The normalized spacial score (nSPS) is 19.3. The van der Waals surface area contributed by atoms with E-state index in [2.05, 4.69) is 54.7 Å². The minimum absolute atomic E-state index is 0.0243. The number of morpholine rings is 1. The fourth-order valence-electron chi connectivity index (χ4n) is 14.7. The maximum Gasteiger partial charge on any atom is 0.501 e. The van der Waals surface area contributed by atoms with E-state index in [0.717, 1.165) is 88.5 Å². The number of amides is 5. The first-order valence-corrected chi connectivity index (χ1v) is 42.6. The van der Waals surface area contributed by atoms with Gasteiger partial charge >= 0.3 is 5.51 Å². The summed E-state index contributed by atoms with van der Waals surface area (Å²) in [5, 5.41) is 20.4. The summed E-state index contributed by atoms with van der Waals surface area (Å²) in [5.74, 6) is -1.72. The molecule has 1 aromatic heterocycles. The maximum atomic E-state index is 14.4. The van der Waals surface area contributed by atoms with Crippen molar-refractivity contribution >= 4 is 101 Å². The summed E-state index contributed by atoms with van der Waals surface area (Å²) in [4.78, 5) is 83.2. The van der Waals surface area contributed by atoms with Gasteiger partial charge in [0.2, 0.25) is 23.6 Å². The zero-order valence-electron chi connectivity index (χ0n) is 63.0. The number of benzene rings is 5. The van der Waals surface area contributed by atoms with Crippen molar-refractivity contribution < 1.29 is 63.8 Å². The number of unbranched alkanes of at least 4 members (excludes halogenated alkanes) is 4. The Bertz CT molecular complexity index is 4390. The lowest BCUT2D eigenvalue weighted by molar-refractivity contribution is -0.144. The summed E-state index contributed by atoms with van der Waals surface area (Å²) < 4.78 is 105. The summed E-state index contributed by atoms with van der Waals surface area (Å²) in [7, 11) is -9.16. The molecule has 29 heteroatoms. The van der Waals surface area contributed by atoms with Crippen LogP contribution in [0.2, 0.25) is 5.02 Å². The van der Waals surface area contributed by atoms with Crippen molar-refractivity contribution in [2.45, 2.75) is 169 Å². The minimum atomic E-state index is -6.11. The second kappa shape index (κ2) is 37.3. The lowest BCUT2D eigenvalue weighted by atomic mass is 9.71. The minimum Gasteiger partial charge on any atom is -0.391 e. The Morgan fingerprint density at radius 2 is 1.48 bits per heavy atom. The smallest absolute Gasteiger partial charge is 0.391 e. The molecular weight excluding hydrogens is 1500 g/mol. The zero-order valence-corrected chi connectivity index (χ0v) is 67.1. The molecule has 1 aliphatic carbocycles. The topological polar surface area (TPSA) is 260 Å². The Balaban J connectivity index is 0.675. The number of halogens is 4. The van der Waals surface area contributed by atoms with Gasteiger partial charge in [-0.1, -0.05) is 119 Å². The van der Waals surface area contributed by atoms with Crippen LogP contribution in [0.15, 0.2) is 147 Å². The SMILES string of the molecule is Cc1ncsc1-c1ccc([C@H](C)NC(=O)[C@@H]2C[C@@H](O)CN2C(=O)[C@@H](NC(=O)CCCCCCCC(=O)N(C)CC2(C)CCC(c3ccc(Cl)cc3)=C(CN3CCN(c4ccc(C(=O)NS(=O)(=O)c5ccc(N[C@H](CCN6CCOCC6)CSc6ccccc6)c(S(=O)(=O)C(F)(F)F)c5)cc4)CC3)C2)C(C)(C)C)cc1. The van der Waals surface area contributed by atoms with Crippen LogP contribution in [0.1, 0.15) is 145 Å². The van der Waals surface area contributed by atoms with Gasteiger partial charge < -0.3 is 40.5 Å². The van der Waals surface area contributed by atoms with Crippen molar-refractivity contribution in [1.29, 1.82) is 0 Å². The van der Waals surface area contributed by atoms with Crippen molar-refractivity contribution in [1.82, 2.24) is 39.9 Å². The number of hydrogen-bond donors (Lipinski definition) is 5. The number of sulfonamides is 1. The van der Waals surface area contributed by atoms with Crippen LogP contribution in [0.4, 0.5) is 24.5 Å². The number of aliphatic hydroxyl groups excluding tert-OH is 1. The van der Waals surface area contributed by atoms with Gasteiger partial charge in [-0.2, -0.15) is 13.2 Å². The molecular formula is C80H102ClF3N10O11S4. The van der Waals surface area contributed by atoms with Crippen molar-refractivity contribution in [3.05, 3.63) is 160 Å². The molecule has 5 aromatic carbocycles. The van der Waals surface area contributed by atoms with Gasteiger partial charge in [0.05, 0.1) is 52.0 Å². The van der Waals surface area contributed by atoms with E-state index >= 15 is 0 Å². The number of allylic oxidation sites excluding steroid dienone is 1. The first-order valence-electron chi connectivity index (χ1n) is 37.4. The number of ether oxygens (including phenoxy) is 1. The second-order valence-corrected chi connectivity index (χ2v) is 36.5. The van der Waals surface area contributed by atoms with E-state index in [1.165, 1.54) is 39.9 Å². The van der Waals surface area contributed by atoms with Crippen LogP contribution >= 0.6 is 34.7 Å². The van der Waals surface area contributed by atoms with Crippen LogP contribution < -0.4 is 25.6 Å². The molecule has 10 rings (SSSR count). The molecule has 3 aliphatic heterocycles. The van der Waals surface area contributed by atoms with Gasteiger partial charge in [-0.3, -0.25) is 33.8 Å². The highest BCUT2D eigenvalue weighted by Gasteiger charge is 2.49. The standard InChI is InChI=1S/C80H102ClF3N10O11S4/c1-54(56-20-22-58(23-21-56)73-55(2)85-53-107-73)86-76(99)69-46-64(95)50-94(69)77(100)74(78(3,4)5)88-71(96)18-14-9-8-10-15-19-72(97)90(7)52-79(6)36-34-67(57-24-28-61(81)29-25-57)60(48-79)49-92-38-40-93(41-39-92)63-30-26-59(27-31-63)75(98)89-109(103,104)66-32-33-68(70(47-66)108(101,102)80(82,83)84)87-62(35-37-91-42-44-105-45-43-91)51-106-65-16-12-11-13-17-65/h11-13,16-17,20-33,47,53-54,62,64,69,74,87,95H,8-10,14-15,18-19,34-46,48-52H2,1-7H3,(H,86,99)(H,88,96)(H,89,98)/t54-,62+,64+,69-,74+,79?/m0/s1. The summed E-state index contributed by atoms with van der Waals surface area (Å²) in [6.45, 7) is 18.5. The Hall–Kier alpha value is -7.41. The fourth-order valence-corrected chi connectivity index (χ4v) is 18.7. The third-order valence-corrected chi connectivity index (χ3v) is 26.2. The van der Waals surface area contributed by atoms with Gasteiger partial charge in [0, 0.05) is 125 Å². The Morgan fingerprint density at radius 3 is 2.13 bits per heavy atom. The number of thioether (sulfide) groups is 1. The maximum absolute atomic E-state index is 14.4. The molecule has 4 aliphatic rings. The molecule has 4 heterocycles. The summed E-state index contributed by atoms with van der Waals surface area (Å²) in [6, 6.07) is 31.1. The number of piperazine rings is 1. The number of anilines is 2. The van der Waals surface area contributed by atoms with E-state index in [1.807, 2.05) is 124 Å². The highest BCUT2D eigenvalue weighted by molar-refractivity contribution is 7.99.